The van der Waals surface area contributed by atoms with Gasteiger partial charge in [-0.25, -0.2) is 9.37 Å². The number of halogens is 2. The Morgan fingerprint density at radius 2 is 1.96 bits per heavy atom. The lowest BCUT2D eigenvalue weighted by atomic mass is 10.0. The van der Waals surface area contributed by atoms with Gasteiger partial charge in [-0.3, -0.25) is 4.79 Å². The highest BCUT2D eigenvalue weighted by Gasteiger charge is 2.15. The van der Waals surface area contributed by atoms with E-state index in [1.165, 1.54) is 12.1 Å². The van der Waals surface area contributed by atoms with Gasteiger partial charge in [-0.05, 0) is 25.1 Å². The largest absolute Gasteiger partial charge is 0.396 e. The number of hydrogen-bond donors (Lipinski definition) is 2. The molecule has 23 heavy (non-hydrogen) atoms. The number of hydrogen-bond acceptors (Lipinski definition) is 4. The van der Waals surface area contributed by atoms with Crippen LogP contribution in [0.4, 0.5) is 15.9 Å². The van der Waals surface area contributed by atoms with E-state index in [0.29, 0.717) is 33.5 Å². The van der Waals surface area contributed by atoms with Gasteiger partial charge in [0.15, 0.2) is 0 Å². The molecule has 0 aliphatic carbocycles. The number of pyridine rings is 2. The summed E-state index contributed by atoms with van der Waals surface area (Å²) >= 11 is 3.29. The maximum atomic E-state index is 13.6. The summed E-state index contributed by atoms with van der Waals surface area (Å²) in [6.45, 7) is 2.34. The molecule has 0 radical (unpaired) electrons. The van der Waals surface area contributed by atoms with E-state index in [1.807, 2.05) is 6.92 Å². The van der Waals surface area contributed by atoms with Crippen molar-refractivity contribution >= 4 is 38.3 Å². The highest BCUT2D eigenvalue weighted by atomic mass is 79.9. The Morgan fingerprint density at radius 3 is 2.65 bits per heavy atom. The van der Waals surface area contributed by atoms with E-state index in [0.717, 1.165) is 5.39 Å². The lowest BCUT2D eigenvalue weighted by molar-refractivity contribution is 0.632. The number of rotatable bonds is 2. The first-order valence-corrected chi connectivity index (χ1v) is 7.75. The van der Waals surface area contributed by atoms with Crippen molar-refractivity contribution < 1.29 is 4.39 Å². The predicted molar refractivity (Wildman–Crippen MR) is 93.6 cm³/mol. The van der Waals surface area contributed by atoms with Crippen molar-refractivity contribution in [2.75, 3.05) is 11.5 Å². The number of nitrogens with zero attached hydrogens (tertiary/aromatic N) is 2. The van der Waals surface area contributed by atoms with Crippen LogP contribution in [-0.2, 0) is 6.54 Å². The molecule has 0 atom stereocenters. The number of benzene rings is 1. The third-order valence-electron chi connectivity index (χ3n) is 3.69. The fourth-order valence-electron chi connectivity index (χ4n) is 2.57. The first kappa shape index (κ1) is 15.5. The van der Waals surface area contributed by atoms with E-state index in [9.17, 15) is 9.18 Å². The highest BCUT2D eigenvalue weighted by Crippen LogP contribution is 2.31. The van der Waals surface area contributed by atoms with Crippen molar-refractivity contribution in [3.8, 4) is 11.1 Å². The molecule has 0 saturated carbocycles. The molecule has 2 aromatic heterocycles. The third-order valence-corrected chi connectivity index (χ3v) is 4.35. The zero-order chi connectivity index (χ0) is 16.7. The summed E-state index contributed by atoms with van der Waals surface area (Å²) in [5.41, 5.74) is 12.8. The van der Waals surface area contributed by atoms with Gasteiger partial charge in [0.1, 0.15) is 11.6 Å². The van der Waals surface area contributed by atoms with Crippen molar-refractivity contribution in [2.45, 2.75) is 13.5 Å². The average molecular weight is 377 g/mol. The van der Waals surface area contributed by atoms with Crippen LogP contribution in [0.1, 0.15) is 6.92 Å². The minimum Gasteiger partial charge on any atom is -0.396 e. The van der Waals surface area contributed by atoms with Crippen molar-refractivity contribution in [3.05, 3.63) is 51.1 Å². The molecule has 1 aromatic carbocycles. The molecule has 7 heteroatoms. The Kier molecular flexibility index (Phi) is 3.81. The van der Waals surface area contributed by atoms with Crippen LogP contribution in [0, 0.1) is 5.82 Å². The monoisotopic (exact) mass is 376 g/mol. The van der Waals surface area contributed by atoms with Gasteiger partial charge in [0.25, 0.3) is 5.56 Å². The molecule has 2 heterocycles. The van der Waals surface area contributed by atoms with Gasteiger partial charge in [-0.2, -0.15) is 0 Å². The van der Waals surface area contributed by atoms with Gasteiger partial charge in [-0.15, -0.1) is 0 Å². The summed E-state index contributed by atoms with van der Waals surface area (Å²) in [6, 6.07) is 6.09. The molecule has 0 fully saturated rings. The van der Waals surface area contributed by atoms with Gasteiger partial charge in [-0.1, -0.05) is 15.9 Å². The zero-order valence-corrected chi connectivity index (χ0v) is 13.9. The molecule has 5 nitrogen and oxygen atoms in total. The van der Waals surface area contributed by atoms with Crippen LogP contribution in [0.15, 0.2) is 39.7 Å². The summed E-state index contributed by atoms with van der Waals surface area (Å²) in [5.74, 6) is -0.189. The third kappa shape index (κ3) is 2.57. The molecule has 3 rings (SSSR count). The summed E-state index contributed by atoms with van der Waals surface area (Å²) < 4.78 is 15.6. The standard InChI is InChI=1S/C16H14BrFN4O/c1-2-22-14-6-15(20)21-7-8(14)3-10(16(22)23)9-4-13(19)12(18)5-11(9)17/h3-7H,2,19H2,1H3,(H2,20,21). The van der Waals surface area contributed by atoms with Crippen LogP contribution >= 0.6 is 15.9 Å². The first-order chi connectivity index (χ1) is 10.9. The molecule has 0 saturated heterocycles. The molecule has 0 unspecified atom stereocenters. The Balaban J connectivity index is 2.39. The summed E-state index contributed by atoms with van der Waals surface area (Å²) in [4.78, 5) is 16.9. The van der Waals surface area contributed by atoms with E-state index < -0.39 is 5.82 Å². The van der Waals surface area contributed by atoms with E-state index in [1.54, 1.807) is 22.9 Å². The second-order valence-corrected chi connectivity index (χ2v) is 5.98. The molecule has 118 valence electrons. The topological polar surface area (TPSA) is 86.9 Å². The van der Waals surface area contributed by atoms with Gasteiger partial charge >= 0.3 is 0 Å². The van der Waals surface area contributed by atoms with E-state index in [2.05, 4.69) is 20.9 Å². The number of fused-ring (bicyclic) bond motifs is 1. The lowest BCUT2D eigenvalue weighted by Crippen LogP contribution is -2.21. The molecular weight excluding hydrogens is 363 g/mol. The molecule has 4 N–H and O–H groups in total. The fourth-order valence-corrected chi connectivity index (χ4v) is 3.10. The molecular formula is C16H14BrFN4O. The smallest absolute Gasteiger partial charge is 0.258 e. The number of nitrogen functional groups attached to an aromatic ring is 2. The zero-order valence-electron chi connectivity index (χ0n) is 12.3. The van der Waals surface area contributed by atoms with Crippen LogP contribution in [0.3, 0.4) is 0 Å². The van der Waals surface area contributed by atoms with Crippen LogP contribution in [0.25, 0.3) is 22.0 Å². The van der Waals surface area contributed by atoms with Crippen LogP contribution < -0.4 is 17.0 Å². The second kappa shape index (κ2) is 5.66. The Hall–Kier alpha value is -2.41. The minimum absolute atomic E-state index is 0.0128. The van der Waals surface area contributed by atoms with Crippen molar-refractivity contribution in [2.24, 2.45) is 0 Å². The van der Waals surface area contributed by atoms with Crippen LogP contribution in [0.2, 0.25) is 0 Å². The SMILES string of the molecule is CCn1c(=O)c(-c2cc(N)c(F)cc2Br)cc2cnc(N)cc21. The first-order valence-electron chi connectivity index (χ1n) is 6.96. The molecule has 0 aliphatic heterocycles. The summed E-state index contributed by atoms with van der Waals surface area (Å²) in [7, 11) is 0. The summed E-state index contributed by atoms with van der Waals surface area (Å²) in [5, 5.41) is 0.769. The van der Waals surface area contributed by atoms with E-state index in [4.69, 9.17) is 11.5 Å². The number of aryl methyl sites for hydroxylation is 1. The quantitative estimate of drug-likeness (QED) is 0.672. The number of aromatic nitrogens is 2. The van der Waals surface area contributed by atoms with Crippen molar-refractivity contribution in [1.29, 1.82) is 0 Å². The second-order valence-electron chi connectivity index (χ2n) is 5.13. The molecule has 0 bridgehead atoms. The van der Waals surface area contributed by atoms with Gasteiger partial charge < -0.3 is 16.0 Å². The number of nitrogens with two attached hydrogens (primary N) is 2. The van der Waals surface area contributed by atoms with Crippen molar-refractivity contribution in [3.63, 3.8) is 0 Å². The van der Waals surface area contributed by atoms with Crippen LogP contribution in [-0.4, -0.2) is 9.55 Å². The Bertz CT molecular complexity index is 984. The van der Waals surface area contributed by atoms with Gasteiger partial charge in [0, 0.05) is 39.8 Å². The lowest BCUT2D eigenvalue weighted by Gasteiger charge is -2.13. The Labute approximate surface area is 139 Å². The van der Waals surface area contributed by atoms with Gasteiger partial charge in [0.05, 0.1) is 11.2 Å². The molecule has 0 amide bonds. The van der Waals surface area contributed by atoms with Crippen LogP contribution in [0.5, 0.6) is 0 Å². The average Bonchev–Trinajstić information content (AvgIpc) is 2.51. The maximum absolute atomic E-state index is 13.6. The van der Waals surface area contributed by atoms with E-state index >= 15 is 0 Å². The molecule has 0 spiro atoms. The van der Waals surface area contributed by atoms with Crippen molar-refractivity contribution in [1.82, 2.24) is 9.55 Å². The summed E-state index contributed by atoms with van der Waals surface area (Å²) in [6.07, 6.45) is 1.61. The maximum Gasteiger partial charge on any atom is 0.258 e. The molecule has 3 aromatic rings. The Morgan fingerprint density at radius 1 is 1.22 bits per heavy atom. The normalized spacial score (nSPS) is 11.1. The van der Waals surface area contributed by atoms with Gasteiger partial charge in [0.2, 0.25) is 0 Å². The fraction of sp³-hybridized carbons (Fsp3) is 0.125. The minimum atomic E-state index is -0.535. The predicted octanol–water partition coefficient (Wildman–Crippen LogP) is 3.15. The molecule has 0 aliphatic rings. The van der Waals surface area contributed by atoms with E-state index in [-0.39, 0.29) is 11.2 Å². The number of anilines is 2. The highest BCUT2D eigenvalue weighted by molar-refractivity contribution is 9.10.